The first-order valence-corrected chi connectivity index (χ1v) is 5.06. The zero-order chi connectivity index (χ0) is 11.7. The maximum Gasteiger partial charge on any atom is 0.325 e. The van der Waals surface area contributed by atoms with E-state index in [1.807, 2.05) is 0 Å². The smallest absolute Gasteiger partial charge is 0.325 e. The highest BCUT2D eigenvalue weighted by molar-refractivity contribution is 5.75. The molecule has 0 spiro atoms. The summed E-state index contributed by atoms with van der Waals surface area (Å²) >= 11 is 0. The van der Waals surface area contributed by atoms with Crippen LogP contribution in [0, 0.1) is 5.92 Å². The summed E-state index contributed by atoms with van der Waals surface area (Å²) < 4.78 is 14.8. The van der Waals surface area contributed by atoms with Gasteiger partial charge in [0, 0.05) is 13.7 Å². The number of carbonyl (C=O) groups excluding carboxylic acids is 1. The number of carbonyl (C=O) groups is 1. The summed E-state index contributed by atoms with van der Waals surface area (Å²) in [5, 5.41) is 0. The van der Waals surface area contributed by atoms with Crippen molar-refractivity contribution in [2.75, 3.05) is 33.5 Å². The number of methoxy groups -OCH3 is 1. The summed E-state index contributed by atoms with van der Waals surface area (Å²) in [4.78, 5) is 11.1. The van der Waals surface area contributed by atoms with Crippen molar-refractivity contribution in [1.29, 1.82) is 0 Å². The molecule has 0 aliphatic heterocycles. The second kappa shape index (κ2) is 8.64. The van der Waals surface area contributed by atoms with E-state index in [0.717, 1.165) is 0 Å². The number of nitrogens with two attached hydrogens (primary N) is 1. The van der Waals surface area contributed by atoms with Gasteiger partial charge in [0.25, 0.3) is 0 Å². The minimum atomic E-state index is -0.708. The van der Waals surface area contributed by atoms with E-state index in [0.29, 0.717) is 19.1 Å². The van der Waals surface area contributed by atoms with Gasteiger partial charge in [0.2, 0.25) is 0 Å². The normalized spacial score (nSPS) is 12.9. The Bertz CT molecular complexity index is 173. The summed E-state index contributed by atoms with van der Waals surface area (Å²) in [5.41, 5.74) is 5.45. The van der Waals surface area contributed by atoms with Crippen LogP contribution in [0.4, 0.5) is 0 Å². The Kier molecular flexibility index (Phi) is 8.27. The average Bonchev–Trinajstić information content (AvgIpc) is 2.16. The fourth-order valence-corrected chi connectivity index (χ4v) is 0.875. The van der Waals surface area contributed by atoms with Crippen molar-refractivity contribution in [1.82, 2.24) is 0 Å². The standard InChI is InChI=1S/C10H21NO4/c1-8(2)6-14-4-5-15-10(12)9(11)7-13-3/h8-9H,4-7,11H2,1-3H3. The first-order chi connectivity index (χ1) is 7.07. The van der Waals surface area contributed by atoms with Crippen molar-refractivity contribution in [2.45, 2.75) is 19.9 Å². The van der Waals surface area contributed by atoms with E-state index in [4.69, 9.17) is 19.9 Å². The fourth-order valence-electron chi connectivity index (χ4n) is 0.875. The number of rotatable bonds is 8. The van der Waals surface area contributed by atoms with Crippen LogP contribution in [0.25, 0.3) is 0 Å². The molecule has 15 heavy (non-hydrogen) atoms. The summed E-state index contributed by atoms with van der Waals surface area (Å²) in [5.74, 6) is 0.0291. The molecule has 0 heterocycles. The number of hydrogen-bond acceptors (Lipinski definition) is 5. The van der Waals surface area contributed by atoms with E-state index >= 15 is 0 Å². The zero-order valence-electron chi connectivity index (χ0n) is 9.69. The lowest BCUT2D eigenvalue weighted by atomic mass is 10.2. The second-order valence-electron chi connectivity index (χ2n) is 3.70. The van der Waals surface area contributed by atoms with E-state index in [9.17, 15) is 4.79 Å². The lowest BCUT2D eigenvalue weighted by molar-refractivity contribution is -0.148. The van der Waals surface area contributed by atoms with Crippen molar-refractivity contribution in [2.24, 2.45) is 11.7 Å². The molecule has 0 fully saturated rings. The summed E-state index contributed by atoms with van der Waals surface area (Å²) in [6.45, 7) is 5.60. The van der Waals surface area contributed by atoms with Gasteiger partial charge >= 0.3 is 5.97 Å². The Labute approximate surface area is 90.9 Å². The average molecular weight is 219 g/mol. The van der Waals surface area contributed by atoms with Crippen molar-refractivity contribution in [3.05, 3.63) is 0 Å². The van der Waals surface area contributed by atoms with Gasteiger partial charge in [-0.15, -0.1) is 0 Å². The topological polar surface area (TPSA) is 70.8 Å². The van der Waals surface area contributed by atoms with Gasteiger partial charge in [-0.3, -0.25) is 4.79 Å². The maximum atomic E-state index is 11.1. The Morgan fingerprint density at radius 3 is 2.47 bits per heavy atom. The molecule has 0 radical (unpaired) electrons. The fraction of sp³-hybridized carbons (Fsp3) is 0.900. The highest BCUT2D eigenvalue weighted by Crippen LogP contribution is 1.92. The van der Waals surface area contributed by atoms with Gasteiger partial charge in [-0.05, 0) is 5.92 Å². The van der Waals surface area contributed by atoms with Gasteiger partial charge in [-0.1, -0.05) is 13.8 Å². The molecule has 1 atom stereocenters. The highest BCUT2D eigenvalue weighted by atomic mass is 16.6. The van der Waals surface area contributed by atoms with E-state index in [1.165, 1.54) is 7.11 Å². The molecule has 0 aromatic carbocycles. The van der Waals surface area contributed by atoms with E-state index in [1.54, 1.807) is 0 Å². The van der Waals surface area contributed by atoms with Gasteiger partial charge in [0.05, 0.1) is 13.2 Å². The molecular weight excluding hydrogens is 198 g/mol. The van der Waals surface area contributed by atoms with Crippen LogP contribution in [-0.2, 0) is 19.0 Å². The predicted octanol–water partition coefficient (Wildman–Crippen LogP) is 0.176. The molecule has 5 nitrogen and oxygen atoms in total. The van der Waals surface area contributed by atoms with Crippen LogP contribution in [0.5, 0.6) is 0 Å². The predicted molar refractivity (Wildman–Crippen MR) is 56.5 cm³/mol. The molecule has 0 saturated heterocycles. The third kappa shape index (κ3) is 8.35. The van der Waals surface area contributed by atoms with Crippen LogP contribution in [-0.4, -0.2) is 45.5 Å². The van der Waals surface area contributed by atoms with Crippen molar-refractivity contribution < 1.29 is 19.0 Å². The van der Waals surface area contributed by atoms with E-state index in [2.05, 4.69) is 13.8 Å². The molecule has 0 aromatic heterocycles. The van der Waals surface area contributed by atoms with Crippen molar-refractivity contribution in [3.63, 3.8) is 0 Å². The van der Waals surface area contributed by atoms with Crippen LogP contribution in [0.1, 0.15) is 13.8 Å². The Hall–Kier alpha value is -0.650. The molecule has 0 bridgehead atoms. The van der Waals surface area contributed by atoms with Crippen LogP contribution in [0.2, 0.25) is 0 Å². The quantitative estimate of drug-likeness (QED) is 0.465. The van der Waals surface area contributed by atoms with Crippen LogP contribution < -0.4 is 5.73 Å². The minimum Gasteiger partial charge on any atom is -0.462 e. The first-order valence-electron chi connectivity index (χ1n) is 5.06. The minimum absolute atomic E-state index is 0.172. The van der Waals surface area contributed by atoms with Gasteiger partial charge in [-0.25, -0.2) is 0 Å². The SMILES string of the molecule is COCC(N)C(=O)OCCOCC(C)C. The van der Waals surface area contributed by atoms with Crippen molar-refractivity contribution >= 4 is 5.97 Å². The third-order valence-corrected chi connectivity index (χ3v) is 1.57. The van der Waals surface area contributed by atoms with Crippen LogP contribution in [0.3, 0.4) is 0 Å². The zero-order valence-corrected chi connectivity index (χ0v) is 9.69. The number of esters is 1. The van der Waals surface area contributed by atoms with E-state index in [-0.39, 0.29) is 13.2 Å². The molecule has 90 valence electrons. The van der Waals surface area contributed by atoms with Gasteiger partial charge in [0.15, 0.2) is 0 Å². The molecule has 0 amide bonds. The third-order valence-electron chi connectivity index (χ3n) is 1.57. The van der Waals surface area contributed by atoms with Crippen LogP contribution in [0.15, 0.2) is 0 Å². The summed E-state index contributed by atoms with van der Waals surface area (Å²) in [7, 11) is 1.49. The largest absolute Gasteiger partial charge is 0.462 e. The molecule has 0 saturated carbocycles. The monoisotopic (exact) mass is 219 g/mol. The first kappa shape index (κ1) is 14.3. The highest BCUT2D eigenvalue weighted by Gasteiger charge is 2.13. The molecule has 0 aliphatic carbocycles. The Morgan fingerprint density at radius 2 is 1.93 bits per heavy atom. The summed E-state index contributed by atoms with van der Waals surface area (Å²) in [6, 6.07) is -0.708. The van der Waals surface area contributed by atoms with Gasteiger partial charge in [-0.2, -0.15) is 0 Å². The molecule has 0 aliphatic rings. The molecule has 0 rings (SSSR count). The van der Waals surface area contributed by atoms with E-state index < -0.39 is 12.0 Å². The second-order valence-corrected chi connectivity index (χ2v) is 3.70. The summed E-state index contributed by atoms with van der Waals surface area (Å²) in [6.07, 6.45) is 0. The molecule has 2 N–H and O–H groups in total. The molecule has 0 aromatic rings. The number of hydrogen-bond donors (Lipinski definition) is 1. The van der Waals surface area contributed by atoms with Gasteiger partial charge in [0.1, 0.15) is 12.6 Å². The molecular formula is C10H21NO4. The Morgan fingerprint density at radius 1 is 1.27 bits per heavy atom. The lowest BCUT2D eigenvalue weighted by Crippen LogP contribution is -2.36. The maximum absolute atomic E-state index is 11.1. The Balaban J connectivity index is 3.38. The van der Waals surface area contributed by atoms with Crippen LogP contribution >= 0.6 is 0 Å². The molecule has 5 heteroatoms. The van der Waals surface area contributed by atoms with Crippen molar-refractivity contribution in [3.8, 4) is 0 Å². The lowest BCUT2D eigenvalue weighted by Gasteiger charge is -2.11. The number of ether oxygens (including phenoxy) is 3. The molecule has 1 unspecified atom stereocenters. The van der Waals surface area contributed by atoms with Gasteiger partial charge < -0.3 is 19.9 Å².